The van der Waals surface area contributed by atoms with Crippen LogP contribution in [-0.2, 0) is 12.8 Å². The van der Waals surface area contributed by atoms with Crippen molar-refractivity contribution in [1.82, 2.24) is 0 Å². The largest absolute Gasteiger partial charge is 0.508 e. The van der Waals surface area contributed by atoms with E-state index in [-0.39, 0.29) is 11.4 Å². The van der Waals surface area contributed by atoms with Crippen LogP contribution in [0.5, 0.6) is 5.75 Å². The monoisotopic (exact) mass is 232 g/mol. The van der Waals surface area contributed by atoms with Gasteiger partial charge in [0.1, 0.15) is 11.3 Å². The van der Waals surface area contributed by atoms with E-state index in [0.29, 0.717) is 12.0 Å². The molecule has 3 heteroatoms. The molecule has 0 saturated heterocycles. The number of fused-ring (bicyclic) bond motifs is 1. The highest BCUT2D eigenvalue weighted by atomic mass is 16.4. The molecule has 0 spiro atoms. The summed E-state index contributed by atoms with van der Waals surface area (Å²) in [7, 11) is 0. The highest BCUT2D eigenvalue weighted by molar-refractivity contribution is 5.82. The highest BCUT2D eigenvalue weighted by Gasteiger charge is 2.12. The lowest BCUT2D eigenvalue weighted by Gasteiger charge is -2.09. The summed E-state index contributed by atoms with van der Waals surface area (Å²) in [4.78, 5) is 11.8. The molecule has 90 valence electrons. The summed E-state index contributed by atoms with van der Waals surface area (Å²) in [5.41, 5.74) is 2.03. The zero-order valence-corrected chi connectivity index (χ0v) is 10.1. The predicted molar refractivity (Wildman–Crippen MR) is 67.5 cm³/mol. The van der Waals surface area contributed by atoms with Gasteiger partial charge in [0, 0.05) is 10.9 Å². The Morgan fingerprint density at radius 2 is 2.00 bits per heavy atom. The summed E-state index contributed by atoms with van der Waals surface area (Å²) < 4.78 is 5.26. The lowest BCUT2D eigenvalue weighted by molar-refractivity contribution is 0.475. The molecule has 0 aliphatic carbocycles. The molecule has 0 aliphatic rings. The fourth-order valence-corrected chi connectivity index (χ4v) is 2.18. The van der Waals surface area contributed by atoms with Crippen LogP contribution in [0.15, 0.2) is 27.4 Å². The summed E-state index contributed by atoms with van der Waals surface area (Å²) >= 11 is 0. The van der Waals surface area contributed by atoms with E-state index in [0.717, 1.165) is 29.4 Å². The predicted octanol–water partition coefficient (Wildman–Crippen LogP) is 3.01. The van der Waals surface area contributed by atoms with E-state index < -0.39 is 0 Å². The van der Waals surface area contributed by atoms with Crippen molar-refractivity contribution in [3.63, 3.8) is 0 Å². The van der Waals surface area contributed by atoms with E-state index in [1.54, 1.807) is 12.1 Å². The Morgan fingerprint density at radius 3 is 2.65 bits per heavy atom. The number of rotatable bonds is 3. The summed E-state index contributed by atoms with van der Waals surface area (Å²) in [6, 6.07) is 4.85. The van der Waals surface area contributed by atoms with Crippen LogP contribution in [-0.4, -0.2) is 5.11 Å². The average molecular weight is 232 g/mol. The third-order valence-corrected chi connectivity index (χ3v) is 2.96. The first-order valence-corrected chi connectivity index (χ1v) is 5.95. The minimum absolute atomic E-state index is 0.200. The minimum Gasteiger partial charge on any atom is -0.508 e. The van der Waals surface area contributed by atoms with Crippen LogP contribution in [0.25, 0.3) is 11.0 Å². The van der Waals surface area contributed by atoms with Gasteiger partial charge >= 0.3 is 5.63 Å². The van der Waals surface area contributed by atoms with Gasteiger partial charge in [-0.05, 0) is 36.6 Å². The second kappa shape index (κ2) is 4.62. The normalized spacial score (nSPS) is 10.9. The molecular weight excluding hydrogens is 216 g/mol. The minimum atomic E-state index is -0.255. The number of aryl methyl sites for hydroxylation is 1. The summed E-state index contributed by atoms with van der Waals surface area (Å²) in [5, 5.41) is 10.4. The third-order valence-electron chi connectivity index (χ3n) is 2.96. The van der Waals surface area contributed by atoms with Crippen molar-refractivity contribution in [3.8, 4) is 5.75 Å². The van der Waals surface area contributed by atoms with E-state index in [9.17, 15) is 9.90 Å². The molecule has 2 aromatic rings. The molecule has 0 unspecified atom stereocenters. The molecule has 1 heterocycles. The van der Waals surface area contributed by atoms with Crippen molar-refractivity contribution in [2.24, 2.45) is 0 Å². The van der Waals surface area contributed by atoms with Gasteiger partial charge in [0.25, 0.3) is 0 Å². The fourth-order valence-electron chi connectivity index (χ4n) is 2.18. The van der Waals surface area contributed by atoms with Crippen molar-refractivity contribution in [1.29, 1.82) is 0 Å². The van der Waals surface area contributed by atoms with Gasteiger partial charge in [0.15, 0.2) is 0 Å². The molecule has 0 radical (unpaired) electrons. The van der Waals surface area contributed by atoms with Gasteiger partial charge < -0.3 is 9.52 Å². The van der Waals surface area contributed by atoms with Crippen LogP contribution in [0.2, 0.25) is 0 Å². The summed E-state index contributed by atoms with van der Waals surface area (Å²) in [5.74, 6) is 0.200. The molecule has 0 fully saturated rings. The number of aromatic hydroxyl groups is 1. The molecule has 17 heavy (non-hydrogen) atoms. The Kier molecular flexibility index (Phi) is 3.18. The van der Waals surface area contributed by atoms with Gasteiger partial charge in [-0.15, -0.1) is 0 Å². The molecule has 0 saturated carbocycles. The molecular formula is C14H16O3. The van der Waals surface area contributed by atoms with E-state index >= 15 is 0 Å². The lowest BCUT2D eigenvalue weighted by atomic mass is 9.99. The molecule has 1 N–H and O–H groups in total. The summed E-state index contributed by atoms with van der Waals surface area (Å²) in [6.07, 6.45) is 2.44. The first kappa shape index (κ1) is 11.7. The molecule has 0 aliphatic heterocycles. The van der Waals surface area contributed by atoms with Gasteiger partial charge in [0.2, 0.25) is 0 Å². The standard InChI is InChI=1S/C14H16O3/c1-3-5-11-10(4-2)14(16)17-13-7-6-9(15)8-12(11)13/h6-8,15H,3-5H2,1-2H3. The van der Waals surface area contributed by atoms with Crippen LogP contribution in [0.3, 0.4) is 0 Å². The first-order chi connectivity index (χ1) is 8.17. The number of benzene rings is 1. The SMILES string of the molecule is CCCc1c(CC)c(=O)oc2ccc(O)cc12. The van der Waals surface area contributed by atoms with Gasteiger partial charge in [-0.3, -0.25) is 0 Å². The number of hydrogen-bond acceptors (Lipinski definition) is 3. The van der Waals surface area contributed by atoms with Gasteiger partial charge in [-0.1, -0.05) is 20.3 Å². The van der Waals surface area contributed by atoms with Gasteiger partial charge in [-0.2, -0.15) is 0 Å². The highest BCUT2D eigenvalue weighted by Crippen LogP contribution is 2.25. The molecule has 3 nitrogen and oxygen atoms in total. The van der Waals surface area contributed by atoms with Crippen molar-refractivity contribution in [2.45, 2.75) is 33.1 Å². The second-order valence-corrected chi connectivity index (χ2v) is 4.13. The maximum atomic E-state index is 11.8. The molecule has 2 rings (SSSR count). The van der Waals surface area contributed by atoms with E-state index in [2.05, 4.69) is 6.92 Å². The summed E-state index contributed by atoms with van der Waals surface area (Å²) in [6.45, 7) is 4.02. The second-order valence-electron chi connectivity index (χ2n) is 4.13. The van der Waals surface area contributed by atoms with E-state index in [4.69, 9.17) is 4.42 Å². The Balaban J connectivity index is 2.84. The van der Waals surface area contributed by atoms with E-state index in [1.807, 2.05) is 6.92 Å². The molecule has 1 aromatic heterocycles. The maximum absolute atomic E-state index is 11.8. The van der Waals surface area contributed by atoms with E-state index in [1.165, 1.54) is 6.07 Å². The van der Waals surface area contributed by atoms with Crippen LogP contribution >= 0.6 is 0 Å². The molecule has 0 bridgehead atoms. The quantitative estimate of drug-likeness (QED) is 0.827. The van der Waals surface area contributed by atoms with Gasteiger partial charge in [-0.25, -0.2) is 4.79 Å². The van der Waals surface area contributed by atoms with Crippen molar-refractivity contribution in [2.75, 3.05) is 0 Å². The van der Waals surface area contributed by atoms with Crippen molar-refractivity contribution < 1.29 is 9.52 Å². The first-order valence-electron chi connectivity index (χ1n) is 5.95. The lowest BCUT2D eigenvalue weighted by Crippen LogP contribution is -2.11. The third kappa shape index (κ3) is 2.05. The van der Waals surface area contributed by atoms with Crippen molar-refractivity contribution >= 4 is 11.0 Å². The Hall–Kier alpha value is -1.77. The Labute approximate surface area is 99.7 Å². The molecule has 0 atom stereocenters. The Bertz CT molecular complexity index is 596. The zero-order chi connectivity index (χ0) is 12.4. The van der Waals surface area contributed by atoms with Crippen LogP contribution < -0.4 is 5.63 Å². The van der Waals surface area contributed by atoms with Crippen LogP contribution in [0, 0.1) is 0 Å². The van der Waals surface area contributed by atoms with Crippen molar-refractivity contribution in [3.05, 3.63) is 39.7 Å². The molecule has 0 amide bonds. The Morgan fingerprint density at radius 1 is 1.24 bits per heavy atom. The topological polar surface area (TPSA) is 50.4 Å². The number of phenolic OH excluding ortho intramolecular Hbond substituents is 1. The van der Waals surface area contributed by atoms with Gasteiger partial charge in [0.05, 0.1) is 0 Å². The maximum Gasteiger partial charge on any atom is 0.339 e. The average Bonchev–Trinajstić information content (AvgIpc) is 2.30. The van der Waals surface area contributed by atoms with Crippen LogP contribution in [0.4, 0.5) is 0 Å². The smallest absolute Gasteiger partial charge is 0.339 e. The van der Waals surface area contributed by atoms with Crippen LogP contribution in [0.1, 0.15) is 31.4 Å². The number of hydrogen-bond donors (Lipinski definition) is 1. The zero-order valence-electron chi connectivity index (χ0n) is 10.1. The fraction of sp³-hybridized carbons (Fsp3) is 0.357. The number of phenols is 1. The molecule has 1 aromatic carbocycles.